The van der Waals surface area contributed by atoms with Crippen LogP contribution in [0.4, 0.5) is 10.1 Å². The molecule has 1 spiro atoms. The molecule has 0 atom stereocenters. The van der Waals surface area contributed by atoms with Crippen LogP contribution in [0.3, 0.4) is 0 Å². The number of aryl methyl sites for hydroxylation is 1. The van der Waals surface area contributed by atoms with Gasteiger partial charge in [0.2, 0.25) is 5.91 Å². The normalized spacial score (nSPS) is 22.4. The first-order chi connectivity index (χ1) is 11.6. The van der Waals surface area contributed by atoms with Gasteiger partial charge in [-0.1, -0.05) is 0 Å². The summed E-state index contributed by atoms with van der Waals surface area (Å²) in [7, 11) is 0. The first kappa shape index (κ1) is 15.6. The predicted octanol–water partition coefficient (Wildman–Crippen LogP) is 1.93. The molecule has 6 heteroatoms. The minimum Gasteiger partial charge on any atom is -0.339 e. The second-order valence-corrected chi connectivity index (χ2v) is 7.26. The number of benzene rings is 1. The number of likely N-dealkylation sites (tertiary alicyclic amines) is 1. The van der Waals surface area contributed by atoms with Gasteiger partial charge in [0.25, 0.3) is 5.91 Å². The molecule has 1 aromatic rings. The minimum atomic E-state index is -0.552. The van der Waals surface area contributed by atoms with Crippen molar-refractivity contribution in [3.8, 4) is 0 Å². The molecule has 5 nitrogen and oxygen atoms in total. The van der Waals surface area contributed by atoms with Gasteiger partial charge < -0.3 is 15.5 Å². The van der Waals surface area contributed by atoms with Crippen LogP contribution < -0.4 is 10.6 Å². The largest absolute Gasteiger partial charge is 0.339 e. The number of halogens is 1. The number of carbonyl (C=O) groups is 2. The summed E-state index contributed by atoms with van der Waals surface area (Å²) in [6.07, 6.45) is 4.06. The van der Waals surface area contributed by atoms with Crippen molar-refractivity contribution in [2.75, 3.05) is 31.5 Å². The van der Waals surface area contributed by atoms with Crippen molar-refractivity contribution in [2.24, 2.45) is 5.41 Å². The lowest BCUT2D eigenvalue weighted by Crippen LogP contribution is -2.44. The van der Waals surface area contributed by atoms with Crippen LogP contribution in [0, 0.1) is 11.2 Å². The number of carbonyl (C=O) groups excluding carboxylic acids is 2. The number of rotatable bonds is 1. The fourth-order valence-corrected chi connectivity index (χ4v) is 4.14. The summed E-state index contributed by atoms with van der Waals surface area (Å²) in [5.74, 6) is -0.885. The third kappa shape index (κ3) is 2.69. The summed E-state index contributed by atoms with van der Waals surface area (Å²) in [5, 5.41) is 6.08. The van der Waals surface area contributed by atoms with Gasteiger partial charge in [0, 0.05) is 31.7 Å². The Morgan fingerprint density at radius 1 is 1.17 bits per heavy atom. The standard InChI is InChI=1S/C18H22FN3O2/c19-14-10-15-12(1-2-16(23)21-15)9-13(14)17(24)22-7-4-18(5-8-22)3-6-20-11-18/h9-10,20H,1-8,11H2,(H,21,23). The average molecular weight is 331 g/mol. The highest BCUT2D eigenvalue weighted by molar-refractivity contribution is 5.98. The van der Waals surface area contributed by atoms with Crippen molar-refractivity contribution in [1.82, 2.24) is 10.2 Å². The van der Waals surface area contributed by atoms with Crippen LogP contribution in [0.1, 0.15) is 41.6 Å². The van der Waals surface area contributed by atoms with E-state index in [1.165, 1.54) is 12.5 Å². The number of hydrogen-bond acceptors (Lipinski definition) is 3. The Balaban J connectivity index is 1.51. The average Bonchev–Trinajstić information content (AvgIpc) is 3.02. The maximum absolute atomic E-state index is 14.4. The third-order valence-electron chi connectivity index (χ3n) is 5.76. The van der Waals surface area contributed by atoms with E-state index in [1.807, 2.05) is 0 Å². The highest BCUT2D eigenvalue weighted by atomic mass is 19.1. The van der Waals surface area contributed by atoms with Gasteiger partial charge >= 0.3 is 0 Å². The molecule has 2 fully saturated rings. The van der Waals surface area contributed by atoms with E-state index in [2.05, 4.69) is 10.6 Å². The summed E-state index contributed by atoms with van der Waals surface area (Å²) in [5.41, 5.74) is 1.79. The first-order valence-corrected chi connectivity index (χ1v) is 8.69. The quantitative estimate of drug-likeness (QED) is 0.827. The van der Waals surface area contributed by atoms with E-state index >= 15 is 0 Å². The molecule has 3 aliphatic rings. The highest BCUT2D eigenvalue weighted by Gasteiger charge is 2.38. The van der Waals surface area contributed by atoms with Gasteiger partial charge in [-0.2, -0.15) is 0 Å². The molecule has 0 radical (unpaired) electrons. The van der Waals surface area contributed by atoms with E-state index in [0.717, 1.165) is 31.5 Å². The van der Waals surface area contributed by atoms with Crippen LogP contribution in [0.2, 0.25) is 0 Å². The van der Waals surface area contributed by atoms with Gasteiger partial charge in [0.1, 0.15) is 5.82 Å². The molecule has 2 saturated heterocycles. The van der Waals surface area contributed by atoms with Crippen LogP contribution >= 0.6 is 0 Å². The summed E-state index contributed by atoms with van der Waals surface area (Å²) in [6.45, 7) is 3.46. The fourth-order valence-electron chi connectivity index (χ4n) is 4.14. The Morgan fingerprint density at radius 3 is 2.67 bits per heavy atom. The summed E-state index contributed by atoms with van der Waals surface area (Å²) < 4.78 is 14.4. The Bertz CT molecular complexity index is 688. The van der Waals surface area contributed by atoms with Crippen LogP contribution in [0.5, 0.6) is 0 Å². The van der Waals surface area contributed by atoms with E-state index in [9.17, 15) is 14.0 Å². The molecule has 0 bridgehead atoms. The molecule has 0 saturated carbocycles. The maximum atomic E-state index is 14.4. The number of nitrogens with one attached hydrogen (secondary N) is 2. The predicted molar refractivity (Wildman–Crippen MR) is 88.4 cm³/mol. The van der Waals surface area contributed by atoms with Crippen LogP contribution in [0.25, 0.3) is 0 Å². The third-order valence-corrected chi connectivity index (χ3v) is 5.76. The van der Waals surface area contributed by atoms with Gasteiger partial charge in [-0.05, 0) is 55.3 Å². The number of hydrogen-bond donors (Lipinski definition) is 2. The minimum absolute atomic E-state index is 0.104. The Hall–Kier alpha value is -1.95. The molecule has 0 unspecified atom stereocenters. The molecule has 3 aliphatic heterocycles. The van der Waals surface area contributed by atoms with E-state index in [-0.39, 0.29) is 17.4 Å². The molecule has 3 heterocycles. The molecule has 2 amide bonds. The van der Waals surface area contributed by atoms with Crippen molar-refractivity contribution in [3.63, 3.8) is 0 Å². The van der Waals surface area contributed by atoms with Gasteiger partial charge in [-0.3, -0.25) is 9.59 Å². The molecule has 1 aromatic carbocycles. The maximum Gasteiger partial charge on any atom is 0.256 e. The Morgan fingerprint density at radius 2 is 1.96 bits per heavy atom. The van der Waals surface area contributed by atoms with Gasteiger partial charge in [0.05, 0.1) is 5.56 Å². The molecule has 128 valence electrons. The second kappa shape index (κ2) is 5.84. The van der Waals surface area contributed by atoms with Crippen molar-refractivity contribution in [2.45, 2.75) is 32.1 Å². The number of fused-ring (bicyclic) bond motifs is 1. The second-order valence-electron chi connectivity index (χ2n) is 7.26. The van der Waals surface area contributed by atoms with Crippen molar-refractivity contribution >= 4 is 17.5 Å². The lowest BCUT2D eigenvalue weighted by atomic mass is 9.77. The number of piperidine rings is 1. The summed E-state index contributed by atoms with van der Waals surface area (Å²) in [4.78, 5) is 25.9. The number of amides is 2. The van der Waals surface area contributed by atoms with E-state index in [1.54, 1.807) is 11.0 Å². The van der Waals surface area contributed by atoms with Crippen molar-refractivity contribution in [3.05, 3.63) is 29.1 Å². The van der Waals surface area contributed by atoms with Gasteiger partial charge in [-0.25, -0.2) is 4.39 Å². The molecule has 2 N–H and O–H groups in total. The van der Waals surface area contributed by atoms with Crippen LogP contribution in [-0.4, -0.2) is 42.9 Å². The fraction of sp³-hybridized carbons (Fsp3) is 0.556. The molecular formula is C18H22FN3O2. The van der Waals surface area contributed by atoms with Crippen LogP contribution in [0.15, 0.2) is 12.1 Å². The summed E-state index contributed by atoms with van der Waals surface area (Å²) in [6, 6.07) is 2.90. The van der Waals surface area contributed by atoms with E-state index < -0.39 is 5.82 Å². The number of nitrogens with zero attached hydrogens (tertiary/aromatic N) is 1. The van der Waals surface area contributed by atoms with E-state index in [0.29, 0.717) is 37.0 Å². The summed E-state index contributed by atoms with van der Waals surface area (Å²) >= 11 is 0. The SMILES string of the molecule is O=C1CCc2cc(C(=O)N3CCC4(CCNC4)CC3)c(F)cc2N1. The topological polar surface area (TPSA) is 61.4 Å². The monoisotopic (exact) mass is 331 g/mol. The van der Waals surface area contributed by atoms with E-state index in [4.69, 9.17) is 0 Å². The lowest BCUT2D eigenvalue weighted by molar-refractivity contribution is -0.116. The van der Waals surface area contributed by atoms with Crippen molar-refractivity contribution in [1.29, 1.82) is 0 Å². The van der Waals surface area contributed by atoms with Crippen LogP contribution in [-0.2, 0) is 11.2 Å². The molecule has 0 aromatic heterocycles. The number of anilines is 1. The zero-order valence-corrected chi connectivity index (χ0v) is 13.7. The molecule has 0 aliphatic carbocycles. The Kier molecular flexibility index (Phi) is 3.79. The first-order valence-electron chi connectivity index (χ1n) is 8.69. The molecular weight excluding hydrogens is 309 g/mol. The smallest absolute Gasteiger partial charge is 0.256 e. The molecule has 4 rings (SSSR count). The lowest BCUT2D eigenvalue weighted by Gasteiger charge is -2.39. The van der Waals surface area contributed by atoms with Gasteiger partial charge in [0.15, 0.2) is 0 Å². The zero-order valence-electron chi connectivity index (χ0n) is 13.7. The van der Waals surface area contributed by atoms with Crippen molar-refractivity contribution < 1.29 is 14.0 Å². The highest BCUT2D eigenvalue weighted by Crippen LogP contribution is 2.37. The zero-order chi connectivity index (χ0) is 16.7. The van der Waals surface area contributed by atoms with Gasteiger partial charge in [-0.15, -0.1) is 0 Å². The Labute approximate surface area is 140 Å². The molecule has 24 heavy (non-hydrogen) atoms.